The third-order valence-corrected chi connectivity index (χ3v) is 2.06. The number of hydrogen-bond acceptors (Lipinski definition) is 2. The maximum absolute atomic E-state index is 12.5. The largest absolute Gasteiger partial charge is 0.310 e. The maximum Gasteiger partial charge on any atom is 0.260 e. The average molecular weight is 198 g/mol. The Hall–Kier alpha value is -1.52. The fourth-order valence-corrected chi connectivity index (χ4v) is 1.15. The van der Waals surface area contributed by atoms with Crippen LogP contribution in [0.5, 0.6) is 0 Å². The summed E-state index contributed by atoms with van der Waals surface area (Å²) < 4.78 is 24.9. The van der Waals surface area contributed by atoms with Crippen molar-refractivity contribution in [3.63, 3.8) is 0 Å². The van der Waals surface area contributed by atoms with E-state index in [-0.39, 0.29) is 6.42 Å². The number of carbonyl (C=O) groups is 1. The van der Waals surface area contributed by atoms with Crippen LogP contribution in [0, 0.1) is 5.92 Å². The van der Waals surface area contributed by atoms with E-state index in [1.54, 1.807) is 18.2 Å². The zero-order chi connectivity index (χ0) is 10.2. The lowest BCUT2D eigenvalue weighted by Crippen LogP contribution is -2.18. The van der Waals surface area contributed by atoms with Gasteiger partial charge in [0.15, 0.2) is 0 Å². The molecule has 1 fully saturated rings. The first-order valence-electron chi connectivity index (χ1n) is 4.19. The monoisotopic (exact) mass is 198 g/mol. The molecule has 3 nitrogen and oxygen atoms in total. The van der Waals surface area contributed by atoms with E-state index in [2.05, 4.69) is 10.3 Å². The molecule has 0 aliphatic heterocycles. The molecule has 14 heavy (non-hydrogen) atoms. The summed E-state index contributed by atoms with van der Waals surface area (Å²) in [6.45, 7) is 0. The standard InChI is InChI=1S/C9H8F2N2O/c10-9(11)5-6(9)8(14)13-7-3-1-2-4-12-7/h1-4,6H,5H2,(H,12,13,14)/t6-/m1/s1. The van der Waals surface area contributed by atoms with Crippen molar-refractivity contribution in [2.24, 2.45) is 5.92 Å². The fourth-order valence-electron chi connectivity index (χ4n) is 1.15. The first-order chi connectivity index (χ1) is 6.59. The van der Waals surface area contributed by atoms with Crippen molar-refractivity contribution in [1.29, 1.82) is 0 Å². The number of nitrogens with zero attached hydrogens (tertiary/aromatic N) is 1. The minimum atomic E-state index is -2.82. The molecule has 0 unspecified atom stereocenters. The van der Waals surface area contributed by atoms with Gasteiger partial charge in [-0.3, -0.25) is 4.79 Å². The van der Waals surface area contributed by atoms with Gasteiger partial charge in [-0.25, -0.2) is 13.8 Å². The van der Waals surface area contributed by atoms with Crippen LogP contribution in [0.2, 0.25) is 0 Å². The number of aromatic nitrogens is 1. The lowest BCUT2D eigenvalue weighted by atomic mass is 10.3. The van der Waals surface area contributed by atoms with Gasteiger partial charge in [-0.05, 0) is 12.1 Å². The highest BCUT2D eigenvalue weighted by Gasteiger charge is 2.61. The normalized spacial score (nSPS) is 22.9. The SMILES string of the molecule is O=C(Nc1ccccn1)[C@H]1CC1(F)F. The van der Waals surface area contributed by atoms with Gasteiger partial charge < -0.3 is 5.32 Å². The summed E-state index contributed by atoms with van der Waals surface area (Å²) in [5, 5.41) is 2.33. The molecule has 1 saturated carbocycles. The Bertz CT molecular complexity index is 353. The second kappa shape index (κ2) is 3.01. The van der Waals surface area contributed by atoms with Crippen molar-refractivity contribution in [2.75, 3.05) is 5.32 Å². The summed E-state index contributed by atoms with van der Waals surface area (Å²) in [5.74, 6) is -4.35. The zero-order valence-electron chi connectivity index (χ0n) is 7.21. The van der Waals surface area contributed by atoms with Crippen molar-refractivity contribution >= 4 is 11.7 Å². The number of nitrogens with one attached hydrogen (secondary N) is 1. The smallest absolute Gasteiger partial charge is 0.260 e. The number of hydrogen-bond donors (Lipinski definition) is 1. The van der Waals surface area contributed by atoms with E-state index in [0.717, 1.165) is 0 Å². The van der Waals surface area contributed by atoms with Gasteiger partial charge in [0.1, 0.15) is 11.7 Å². The number of halogens is 2. The van der Waals surface area contributed by atoms with Gasteiger partial charge in [0.2, 0.25) is 5.91 Å². The van der Waals surface area contributed by atoms with Crippen LogP contribution in [-0.4, -0.2) is 16.8 Å². The average Bonchev–Trinajstić information content (AvgIpc) is 2.77. The summed E-state index contributed by atoms with van der Waals surface area (Å²) in [7, 11) is 0. The van der Waals surface area contributed by atoms with E-state index in [4.69, 9.17) is 0 Å². The van der Waals surface area contributed by atoms with Crippen LogP contribution in [0.1, 0.15) is 6.42 Å². The van der Waals surface area contributed by atoms with Gasteiger partial charge in [-0.15, -0.1) is 0 Å². The van der Waals surface area contributed by atoms with E-state index in [1.165, 1.54) is 6.20 Å². The summed E-state index contributed by atoms with van der Waals surface area (Å²) in [6.07, 6.45) is 1.13. The first-order valence-corrected chi connectivity index (χ1v) is 4.19. The number of pyridine rings is 1. The molecular weight excluding hydrogens is 190 g/mol. The van der Waals surface area contributed by atoms with Crippen molar-refractivity contribution in [1.82, 2.24) is 4.98 Å². The van der Waals surface area contributed by atoms with Crippen molar-refractivity contribution in [3.05, 3.63) is 24.4 Å². The van der Waals surface area contributed by atoms with E-state index >= 15 is 0 Å². The minimum Gasteiger partial charge on any atom is -0.310 e. The van der Waals surface area contributed by atoms with Gasteiger partial charge in [0.05, 0.1) is 0 Å². The van der Waals surface area contributed by atoms with E-state index in [0.29, 0.717) is 5.82 Å². The maximum atomic E-state index is 12.5. The van der Waals surface area contributed by atoms with E-state index < -0.39 is 17.7 Å². The molecule has 1 heterocycles. The number of carbonyl (C=O) groups excluding carboxylic acids is 1. The quantitative estimate of drug-likeness (QED) is 0.785. The third-order valence-electron chi connectivity index (χ3n) is 2.06. The Kier molecular flexibility index (Phi) is 1.94. The first kappa shape index (κ1) is 9.05. The van der Waals surface area contributed by atoms with Crippen LogP contribution in [0.4, 0.5) is 14.6 Å². The number of anilines is 1. The van der Waals surface area contributed by atoms with Crippen LogP contribution in [-0.2, 0) is 4.79 Å². The van der Waals surface area contributed by atoms with Gasteiger partial charge in [-0.1, -0.05) is 6.07 Å². The number of alkyl halides is 2. The second-order valence-electron chi connectivity index (χ2n) is 3.22. The number of amides is 1. The Morgan fingerprint density at radius 1 is 1.57 bits per heavy atom. The Morgan fingerprint density at radius 3 is 2.79 bits per heavy atom. The highest BCUT2D eigenvalue weighted by Crippen LogP contribution is 2.48. The highest BCUT2D eigenvalue weighted by atomic mass is 19.3. The van der Waals surface area contributed by atoms with Gasteiger partial charge in [0, 0.05) is 12.6 Å². The van der Waals surface area contributed by atoms with Gasteiger partial charge in [0.25, 0.3) is 5.92 Å². The fraction of sp³-hybridized carbons (Fsp3) is 0.333. The molecule has 1 aliphatic carbocycles. The summed E-state index contributed by atoms with van der Waals surface area (Å²) in [6, 6.07) is 4.91. The summed E-state index contributed by atoms with van der Waals surface area (Å²) >= 11 is 0. The molecule has 2 rings (SSSR count). The lowest BCUT2D eigenvalue weighted by Gasteiger charge is -2.01. The molecule has 74 valence electrons. The molecule has 0 spiro atoms. The molecule has 1 aliphatic rings. The Balaban J connectivity index is 1.97. The zero-order valence-corrected chi connectivity index (χ0v) is 7.21. The molecule has 0 aromatic carbocycles. The molecule has 0 bridgehead atoms. The van der Waals surface area contributed by atoms with Crippen LogP contribution >= 0.6 is 0 Å². The van der Waals surface area contributed by atoms with Gasteiger partial charge in [-0.2, -0.15) is 0 Å². The predicted molar refractivity (Wildman–Crippen MR) is 45.9 cm³/mol. The third kappa shape index (κ3) is 1.71. The highest BCUT2D eigenvalue weighted by molar-refractivity contribution is 5.94. The Morgan fingerprint density at radius 2 is 2.29 bits per heavy atom. The molecule has 0 radical (unpaired) electrons. The summed E-state index contributed by atoms with van der Waals surface area (Å²) in [5.41, 5.74) is 0. The van der Waals surface area contributed by atoms with Crippen molar-refractivity contribution in [3.8, 4) is 0 Å². The van der Waals surface area contributed by atoms with Crippen LogP contribution < -0.4 is 5.32 Å². The van der Waals surface area contributed by atoms with Crippen LogP contribution in [0.3, 0.4) is 0 Å². The summed E-state index contributed by atoms with van der Waals surface area (Å²) in [4.78, 5) is 15.0. The molecule has 5 heteroatoms. The minimum absolute atomic E-state index is 0.306. The van der Waals surface area contributed by atoms with Crippen molar-refractivity contribution in [2.45, 2.75) is 12.3 Å². The molecule has 1 atom stereocenters. The molecule has 1 aromatic rings. The molecular formula is C9H8F2N2O. The van der Waals surface area contributed by atoms with E-state index in [9.17, 15) is 13.6 Å². The second-order valence-corrected chi connectivity index (χ2v) is 3.22. The van der Waals surface area contributed by atoms with Crippen molar-refractivity contribution < 1.29 is 13.6 Å². The topological polar surface area (TPSA) is 42.0 Å². The number of rotatable bonds is 2. The van der Waals surface area contributed by atoms with Crippen LogP contribution in [0.15, 0.2) is 24.4 Å². The van der Waals surface area contributed by atoms with Crippen LogP contribution in [0.25, 0.3) is 0 Å². The molecule has 1 N–H and O–H groups in total. The Labute approximate surface area is 79.1 Å². The molecule has 0 saturated heterocycles. The molecule has 1 aromatic heterocycles. The lowest BCUT2D eigenvalue weighted by molar-refractivity contribution is -0.119. The molecule has 1 amide bonds. The van der Waals surface area contributed by atoms with E-state index in [1.807, 2.05) is 0 Å². The predicted octanol–water partition coefficient (Wildman–Crippen LogP) is 1.68. The van der Waals surface area contributed by atoms with Gasteiger partial charge >= 0.3 is 0 Å².